The van der Waals surface area contributed by atoms with Gasteiger partial charge in [0.15, 0.2) is 5.78 Å². The molecule has 4 atom stereocenters. The number of ketones is 1. The lowest BCUT2D eigenvalue weighted by Crippen LogP contribution is -2.43. The molecule has 12 heteroatoms. The summed E-state index contributed by atoms with van der Waals surface area (Å²) in [4.78, 5) is 45.5. The molecule has 2 fully saturated rings. The van der Waals surface area contributed by atoms with Gasteiger partial charge in [0.25, 0.3) is 0 Å². The molecule has 2 aromatic carbocycles. The lowest BCUT2D eigenvalue weighted by molar-refractivity contribution is 0.0875. The van der Waals surface area contributed by atoms with Crippen LogP contribution in [0.25, 0.3) is 0 Å². The number of amides is 2. The van der Waals surface area contributed by atoms with Gasteiger partial charge in [0, 0.05) is 43.7 Å². The lowest BCUT2D eigenvalue weighted by Gasteiger charge is -2.32. The molecule has 5 rings (SSSR count). The Bertz CT molecular complexity index is 1490. The summed E-state index contributed by atoms with van der Waals surface area (Å²) in [5, 5.41) is 6.57. The van der Waals surface area contributed by atoms with Gasteiger partial charge in [0.2, 0.25) is 5.91 Å². The van der Waals surface area contributed by atoms with Crippen LogP contribution in [0.15, 0.2) is 54.7 Å². The van der Waals surface area contributed by atoms with E-state index in [4.69, 9.17) is 33.7 Å². The molecule has 0 radical (unpaired) electrons. The summed E-state index contributed by atoms with van der Waals surface area (Å²) in [5.41, 5.74) is 7.16. The summed E-state index contributed by atoms with van der Waals surface area (Å²) in [6.07, 6.45) is 2.12. The van der Waals surface area contributed by atoms with E-state index in [0.717, 1.165) is 5.69 Å². The molecule has 2 amide bonds. The van der Waals surface area contributed by atoms with E-state index in [1.165, 1.54) is 35.2 Å². The van der Waals surface area contributed by atoms with Crippen molar-refractivity contribution in [1.82, 2.24) is 20.5 Å². The lowest BCUT2D eigenvalue weighted by atomic mass is 9.80. The number of nitrogens with one attached hydrogen (secondary N) is 2. The van der Waals surface area contributed by atoms with Crippen molar-refractivity contribution in [2.24, 2.45) is 11.7 Å². The highest BCUT2D eigenvalue weighted by atomic mass is 35.5. The fourth-order valence-corrected chi connectivity index (χ4v) is 6.28. The van der Waals surface area contributed by atoms with Gasteiger partial charge in [-0.15, -0.1) is 0 Å². The van der Waals surface area contributed by atoms with E-state index < -0.39 is 29.8 Å². The molecule has 0 aliphatic carbocycles. The Labute approximate surface area is 252 Å². The van der Waals surface area contributed by atoms with Crippen molar-refractivity contribution in [2.75, 3.05) is 26.7 Å². The Balaban J connectivity index is 1.48. The second-order valence-corrected chi connectivity index (χ2v) is 11.2. The number of carbonyl (C=O) groups is 3. The molecule has 2 saturated heterocycles. The van der Waals surface area contributed by atoms with Crippen molar-refractivity contribution in [2.45, 2.75) is 30.8 Å². The number of carbonyl (C=O) groups excluding carboxylic acids is 3. The molecule has 3 aromatic rings. The first-order valence-electron chi connectivity index (χ1n) is 13.6. The summed E-state index contributed by atoms with van der Waals surface area (Å²) in [5.74, 6) is -2.09. The minimum Gasteiger partial charge on any atom is -0.410 e. The van der Waals surface area contributed by atoms with Crippen molar-refractivity contribution < 1.29 is 23.5 Å². The van der Waals surface area contributed by atoms with Crippen molar-refractivity contribution in [3.05, 3.63) is 93.0 Å². The third-order valence-electron chi connectivity index (χ3n) is 7.95. The molecule has 0 saturated carbocycles. The molecule has 42 heavy (non-hydrogen) atoms. The summed E-state index contributed by atoms with van der Waals surface area (Å²) < 4.78 is 18.8. The Kier molecular flexibility index (Phi) is 9.08. The van der Waals surface area contributed by atoms with Crippen molar-refractivity contribution in [3.63, 3.8) is 0 Å². The van der Waals surface area contributed by atoms with Crippen molar-refractivity contribution in [1.29, 1.82) is 0 Å². The molecule has 220 valence electrons. The fraction of sp³-hybridized carbons (Fsp3) is 0.333. The number of likely N-dealkylation sites (N-methyl/N-ethyl adjacent to an activating group) is 1. The van der Waals surface area contributed by atoms with Crippen LogP contribution in [0.1, 0.15) is 56.8 Å². The molecule has 4 N–H and O–H groups in total. The Morgan fingerprint density at radius 3 is 2.55 bits per heavy atom. The maximum absolute atomic E-state index is 14.2. The zero-order valence-electron chi connectivity index (χ0n) is 22.8. The molecule has 2 aliphatic rings. The summed E-state index contributed by atoms with van der Waals surface area (Å²) in [6.45, 7) is 1.37. The molecular formula is C30H30Cl2FN5O4. The first-order valence-corrected chi connectivity index (χ1v) is 14.3. The van der Waals surface area contributed by atoms with Crippen LogP contribution in [0, 0.1) is 11.7 Å². The van der Waals surface area contributed by atoms with Gasteiger partial charge in [0.05, 0.1) is 33.4 Å². The van der Waals surface area contributed by atoms with Crippen molar-refractivity contribution >= 4 is 41.0 Å². The van der Waals surface area contributed by atoms with Crippen LogP contribution in [-0.2, 0) is 0 Å². The van der Waals surface area contributed by atoms with Crippen LogP contribution in [0.2, 0.25) is 10.0 Å². The minimum absolute atomic E-state index is 0.00733. The topological polar surface area (TPSA) is 127 Å². The second-order valence-electron chi connectivity index (χ2n) is 10.5. The third kappa shape index (κ3) is 6.12. The Hall–Kier alpha value is -3.57. The average Bonchev–Trinajstić information content (AvgIpc) is 3.49. The fourth-order valence-electron chi connectivity index (χ4n) is 5.73. The number of nitrogens with two attached hydrogens (primary N) is 1. The van der Waals surface area contributed by atoms with Gasteiger partial charge in [-0.1, -0.05) is 29.3 Å². The first-order chi connectivity index (χ1) is 20.2. The second kappa shape index (κ2) is 12.7. The third-order valence-corrected chi connectivity index (χ3v) is 8.82. The molecule has 2 aliphatic heterocycles. The van der Waals surface area contributed by atoms with E-state index in [2.05, 4.69) is 15.6 Å². The number of rotatable bonds is 7. The van der Waals surface area contributed by atoms with Gasteiger partial charge >= 0.3 is 6.09 Å². The van der Waals surface area contributed by atoms with Crippen LogP contribution < -0.4 is 21.1 Å². The van der Waals surface area contributed by atoms with E-state index >= 15 is 0 Å². The van der Waals surface area contributed by atoms with Crippen LogP contribution in [0.3, 0.4) is 0 Å². The number of ether oxygens (including phenoxy) is 1. The maximum Gasteiger partial charge on any atom is 0.415 e. The SMILES string of the molecule is CN(C(=O)Oc1ccc(F)cc1)[C@@H]1CNC[C@H]1c1cc(C(N)=O)c(Cl)c(Cl)c1C(=O)C1CCNC(c2ccccn2)C1. The molecule has 2 unspecified atom stereocenters. The van der Waals surface area contributed by atoms with E-state index in [0.29, 0.717) is 38.0 Å². The number of benzene rings is 2. The van der Waals surface area contributed by atoms with Gasteiger partial charge in [-0.2, -0.15) is 0 Å². The number of hydrogen-bond acceptors (Lipinski definition) is 7. The molecule has 0 bridgehead atoms. The molecular weight excluding hydrogens is 584 g/mol. The molecule has 0 spiro atoms. The zero-order chi connectivity index (χ0) is 30.0. The van der Waals surface area contributed by atoms with Gasteiger partial charge < -0.3 is 26.0 Å². The monoisotopic (exact) mass is 613 g/mol. The van der Waals surface area contributed by atoms with Gasteiger partial charge in [-0.25, -0.2) is 9.18 Å². The number of nitrogens with zero attached hydrogens (tertiary/aromatic N) is 2. The number of Topliss-reactive ketones (excluding diaryl/α,β-unsaturated/α-hetero) is 1. The predicted molar refractivity (Wildman–Crippen MR) is 157 cm³/mol. The normalized spacial score (nSPS) is 22.0. The van der Waals surface area contributed by atoms with E-state index in [1.807, 2.05) is 18.2 Å². The number of hydrogen-bond donors (Lipinski definition) is 3. The van der Waals surface area contributed by atoms with Crippen LogP contribution in [0.4, 0.5) is 9.18 Å². The number of aromatic nitrogens is 1. The molecule has 9 nitrogen and oxygen atoms in total. The predicted octanol–water partition coefficient (Wildman–Crippen LogP) is 4.74. The van der Waals surface area contributed by atoms with Gasteiger partial charge in [0.1, 0.15) is 11.6 Å². The Morgan fingerprint density at radius 2 is 1.86 bits per heavy atom. The first kappa shape index (κ1) is 29.9. The van der Waals surface area contributed by atoms with Crippen LogP contribution in [-0.4, -0.2) is 60.4 Å². The number of pyridine rings is 1. The smallest absolute Gasteiger partial charge is 0.410 e. The van der Waals surface area contributed by atoms with Crippen LogP contribution in [0.5, 0.6) is 5.75 Å². The highest BCUT2D eigenvalue weighted by Gasteiger charge is 2.40. The summed E-state index contributed by atoms with van der Waals surface area (Å²) in [6, 6.07) is 11.7. The highest BCUT2D eigenvalue weighted by molar-refractivity contribution is 6.45. The standard InChI is InChI=1S/C30H30Cl2FN5O4/c1-38(30(41)42-18-7-5-17(33)6-8-18)24-15-35-14-21(24)19-13-20(29(34)40)26(31)27(32)25(19)28(39)16-9-11-37-23(12-16)22-4-2-3-10-36-22/h2-8,10,13,16,21,23-24,35,37H,9,11-12,14-15H2,1H3,(H2,34,40)/t16?,21-,23?,24+/m0/s1. The average molecular weight is 615 g/mol. The molecule has 3 heterocycles. The van der Waals surface area contributed by atoms with Crippen molar-refractivity contribution in [3.8, 4) is 5.75 Å². The van der Waals surface area contributed by atoms with Gasteiger partial charge in [-0.3, -0.25) is 14.6 Å². The quantitative estimate of drug-likeness (QED) is 0.329. The minimum atomic E-state index is -0.786. The number of piperidine rings is 1. The Morgan fingerprint density at radius 1 is 1.10 bits per heavy atom. The number of primary amides is 1. The number of halogens is 3. The van der Waals surface area contributed by atoms with E-state index in [-0.39, 0.29) is 44.7 Å². The molecule has 1 aromatic heterocycles. The van der Waals surface area contributed by atoms with Gasteiger partial charge in [-0.05, 0) is 67.4 Å². The van der Waals surface area contributed by atoms with Crippen LogP contribution >= 0.6 is 23.2 Å². The highest BCUT2D eigenvalue weighted by Crippen LogP contribution is 2.41. The van der Waals surface area contributed by atoms with E-state index in [9.17, 15) is 18.8 Å². The zero-order valence-corrected chi connectivity index (χ0v) is 24.3. The summed E-state index contributed by atoms with van der Waals surface area (Å²) >= 11 is 13.3. The largest absolute Gasteiger partial charge is 0.415 e. The summed E-state index contributed by atoms with van der Waals surface area (Å²) in [7, 11) is 1.58. The maximum atomic E-state index is 14.2. The van der Waals surface area contributed by atoms with E-state index in [1.54, 1.807) is 13.2 Å².